The van der Waals surface area contributed by atoms with Crippen molar-refractivity contribution in [3.63, 3.8) is 0 Å². The Balaban J connectivity index is 1.82. The topological polar surface area (TPSA) is 51.6 Å². The van der Waals surface area contributed by atoms with Crippen LogP contribution in [0.3, 0.4) is 0 Å². The molecule has 3 aromatic heterocycles. The fourth-order valence-electron chi connectivity index (χ4n) is 2.99. The number of benzene rings is 1. The largest absolute Gasteiger partial charge is 0.433 e. The third-order valence-electron chi connectivity index (χ3n) is 4.58. The van der Waals surface area contributed by atoms with Crippen molar-refractivity contribution in [1.82, 2.24) is 19.9 Å². The molecule has 0 saturated heterocycles. The summed E-state index contributed by atoms with van der Waals surface area (Å²) in [5.41, 5.74) is 0.254. The smallest absolute Gasteiger partial charge is 0.265 e. The highest BCUT2D eigenvalue weighted by Gasteiger charge is 2.32. The van der Waals surface area contributed by atoms with Gasteiger partial charge in [0.15, 0.2) is 5.82 Å². The molecule has 0 atom stereocenters. The van der Waals surface area contributed by atoms with Crippen molar-refractivity contribution in [3.05, 3.63) is 84.6 Å². The van der Waals surface area contributed by atoms with Crippen LogP contribution >= 0.6 is 0 Å². The fourth-order valence-corrected chi connectivity index (χ4v) is 2.99. The predicted octanol–water partition coefficient (Wildman–Crippen LogP) is 6.31. The molecule has 0 saturated carbocycles. The van der Waals surface area contributed by atoms with Gasteiger partial charge in [0.05, 0.1) is 11.3 Å². The maximum atomic E-state index is 12.9. The Labute approximate surface area is 177 Å². The van der Waals surface area contributed by atoms with Gasteiger partial charge in [0.25, 0.3) is 0 Å². The molecule has 0 bridgehead atoms. The lowest BCUT2D eigenvalue weighted by atomic mass is 10.0. The number of pyridine rings is 2. The minimum atomic E-state index is -4.59. The van der Waals surface area contributed by atoms with Gasteiger partial charge in [-0.2, -0.15) is 26.3 Å². The van der Waals surface area contributed by atoms with E-state index in [0.717, 1.165) is 24.4 Å². The van der Waals surface area contributed by atoms with E-state index in [1.807, 2.05) is 0 Å². The lowest BCUT2D eigenvalue weighted by molar-refractivity contribution is -0.141. The lowest BCUT2D eigenvalue weighted by Crippen LogP contribution is -2.07. The van der Waals surface area contributed by atoms with E-state index in [4.69, 9.17) is 0 Å². The van der Waals surface area contributed by atoms with Crippen molar-refractivity contribution >= 4 is 0 Å². The Kier molecular flexibility index (Phi) is 5.37. The Morgan fingerprint density at radius 3 is 1.81 bits per heavy atom. The van der Waals surface area contributed by atoms with Gasteiger partial charge in [-0.25, -0.2) is 9.97 Å². The zero-order valence-corrected chi connectivity index (χ0v) is 16.0. The molecule has 1 aromatic carbocycles. The highest BCUT2D eigenvalue weighted by atomic mass is 19.4. The summed E-state index contributed by atoms with van der Waals surface area (Å²) >= 11 is 0. The van der Waals surface area contributed by atoms with Crippen LogP contribution in [0.2, 0.25) is 0 Å². The Morgan fingerprint density at radius 2 is 1.25 bits per heavy atom. The number of nitrogens with zero attached hydrogens (tertiary/aromatic N) is 4. The number of hydrogen-bond acceptors (Lipinski definition) is 4. The van der Waals surface area contributed by atoms with Gasteiger partial charge in [0.2, 0.25) is 0 Å². The van der Waals surface area contributed by atoms with Crippen molar-refractivity contribution in [2.45, 2.75) is 12.4 Å². The second-order valence-corrected chi connectivity index (χ2v) is 6.70. The van der Waals surface area contributed by atoms with Crippen LogP contribution in [-0.2, 0) is 12.4 Å². The Morgan fingerprint density at radius 1 is 0.594 bits per heavy atom. The van der Waals surface area contributed by atoms with E-state index in [9.17, 15) is 26.3 Å². The van der Waals surface area contributed by atoms with E-state index in [-0.39, 0.29) is 11.4 Å². The SMILES string of the molecule is FC(F)(F)c1ccc(-c2nc(-c3ccc(C(F)(F)F)nc3)ncc2-c2ccncc2)cc1. The first-order valence-electron chi connectivity index (χ1n) is 9.11. The molecule has 0 fully saturated rings. The monoisotopic (exact) mass is 446 g/mol. The van der Waals surface area contributed by atoms with Crippen LogP contribution in [0.4, 0.5) is 26.3 Å². The standard InChI is InChI=1S/C22H12F6N4/c23-21(24,25)16-4-1-14(2-5-16)19-17(13-7-9-29-10-8-13)12-31-20(32-19)15-3-6-18(30-11-15)22(26,27)28/h1-12H. The minimum absolute atomic E-state index is 0.0823. The summed E-state index contributed by atoms with van der Waals surface area (Å²) in [4.78, 5) is 16.0. The van der Waals surface area contributed by atoms with Gasteiger partial charge in [-0.1, -0.05) is 12.1 Å². The molecule has 10 heteroatoms. The second-order valence-electron chi connectivity index (χ2n) is 6.70. The van der Waals surface area contributed by atoms with E-state index in [1.165, 1.54) is 24.4 Å². The number of halogens is 6. The Bertz CT molecular complexity index is 1220. The third kappa shape index (κ3) is 4.43. The van der Waals surface area contributed by atoms with Gasteiger partial charge >= 0.3 is 12.4 Å². The summed E-state index contributed by atoms with van der Waals surface area (Å²) in [7, 11) is 0. The summed E-state index contributed by atoms with van der Waals surface area (Å²) in [6.07, 6.45) is -3.53. The van der Waals surface area contributed by atoms with Gasteiger partial charge in [0, 0.05) is 41.5 Å². The molecule has 32 heavy (non-hydrogen) atoms. The van der Waals surface area contributed by atoms with E-state index in [2.05, 4.69) is 19.9 Å². The number of rotatable bonds is 3. The van der Waals surface area contributed by atoms with Crippen molar-refractivity contribution in [2.24, 2.45) is 0 Å². The maximum absolute atomic E-state index is 12.9. The van der Waals surface area contributed by atoms with Crippen molar-refractivity contribution in [2.75, 3.05) is 0 Å². The van der Waals surface area contributed by atoms with Gasteiger partial charge in [0.1, 0.15) is 5.69 Å². The van der Waals surface area contributed by atoms with Crippen LogP contribution < -0.4 is 0 Å². The average molecular weight is 446 g/mol. The molecule has 4 nitrogen and oxygen atoms in total. The average Bonchev–Trinajstić information content (AvgIpc) is 2.78. The fraction of sp³-hybridized carbons (Fsp3) is 0.0909. The highest BCUT2D eigenvalue weighted by Crippen LogP contribution is 2.35. The second kappa shape index (κ2) is 8.03. The molecule has 0 unspecified atom stereocenters. The first kappa shape index (κ1) is 21.4. The predicted molar refractivity (Wildman–Crippen MR) is 104 cm³/mol. The molecule has 3 heterocycles. The molecule has 4 aromatic rings. The van der Waals surface area contributed by atoms with Gasteiger partial charge in [-0.05, 0) is 42.0 Å². The summed E-state index contributed by atoms with van der Waals surface area (Å²) < 4.78 is 77.2. The highest BCUT2D eigenvalue weighted by molar-refractivity contribution is 5.81. The quantitative estimate of drug-likeness (QED) is 0.347. The van der Waals surface area contributed by atoms with E-state index in [1.54, 1.807) is 24.5 Å². The molecule has 0 aliphatic rings. The third-order valence-corrected chi connectivity index (χ3v) is 4.58. The lowest BCUT2D eigenvalue weighted by Gasteiger charge is -2.13. The summed E-state index contributed by atoms with van der Waals surface area (Å²) in [6, 6.07) is 9.81. The van der Waals surface area contributed by atoms with Crippen LogP contribution in [0.5, 0.6) is 0 Å². The van der Waals surface area contributed by atoms with E-state index < -0.39 is 23.6 Å². The Hall–Kier alpha value is -3.82. The number of alkyl halides is 6. The van der Waals surface area contributed by atoms with Crippen LogP contribution in [0.15, 0.2) is 73.3 Å². The zero-order valence-electron chi connectivity index (χ0n) is 16.0. The number of hydrogen-bond donors (Lipinski definition) is 0. The molecular weight excluding hydrogens is 434 g/mol. The van der Waals surface area contributed by atoms with Gasteiger partial charge in [-0.15, -0.1) is 0 Å². The van der Waals surface area contributed by atoms with Crippen molar-refractivity contribution < 1.29 is 26.3 Å². The summed E-state index contributed by atoms with van der Waals surface area (Å²) in [5.74, 6) is 0.0823. The van der Waals surface area contributed by atoms with Crippen LogP contribution in [-0.4, -0.2) is 19.9 Å². The molecule has 0 radical (unpaired) electrons. The minimum Gasteiger partial charge on any atom is -0.265 e. The van der Waals surface area contributed by atoms with Crippen molar-refractivity contribution in [3.8, 4) is 33.8 Å². The zero-order chi connectivity index (χ0) is 22.9. The van der Waals surface area contributed by atoms with Gasteiger partial charge < -0.3 is 0 Å². The van der Waals surface area contributed by atoms with E-state index >= 15 is 0 Å². The molecule has 0 aliphatic heterocycles. The molecule has 0 N–H and O–H groups in total. The maximum Gasteiger partial charge on any atom is 0.433 e. The summed E-state index contributed by atoms with van der Waals surface area (Å²) in [5, 5.41) is 0. The van der Waals surface area contributed by atoms with E-state index in [0.29, 0.717) is 22.4 Å². The molecule has 0 spiro atoms. The first-order chi connectivity index (χ1) is 15.1. The van der Waals surface area contributed by atoms with Crippen LogP contribution in [0.1, 0.15) is 11.3 Å². The molecule has 162 valence electrons. The van der Waals surface area contributed by atoms with Crippen LogP contribution in [0, 0.1) is 0 Å². The normalized spacial score (nSPS) is 12.1. The summed E-state index contributed by atoms with van der Waals surface area (Å²) in [6.45, 7) is 0. The molecule has 4 rings (SSSR count). The molecule has 0 aliphatic carbocycles. The number of aromatic nitrogens is 4. The first-order valence-corrected chi connectivity index (χ1v) is 9.11. The van der Waals surface area contributed by atoms with Crippen molar-refractivity contribution in [1.29, 1.82) is 0 Å². The molecular formula is C22H12F6N4. The van der Waals surface area contributed by atoms with Crippen LogP contribution in [0.25, 0.3) is 33.8 Å². The van der Waals surface area contributed by atoms with Gasteiger partial charge in [-0.3, -0.25) is 9.97 Å². The molecule has 0 amide bonds.